The van der Waals surface area contributed by atoms with Crippen LogP contribution in [0, 0.1) is 20.8 Å². The average Bonchev–Trinajstić information content (AvgIpc) is 3.25. The number of amides is 1. The van der Waals surface area contributed by atoms with Gasteiger partial charge in [-0.05, 0) is 44.5 Å². The maximum atomic E-state index is 12.9. The fraction of sp³-hybridized carbons (Fsp3) is 0.167. The first-order chi connectivity index (χ1) is 12.0. The number of nitrogens with one attached hydrogen (secondary N) is 1. The Kier molecular flexibility index (Phi) is 3.65. The quantitative estimate of drug-likeness (QED) is 0.598. The fourth-order valence-corrected chi connectivity index (χ4v) is 4.10. The second-order valence-electron chi connectivity index (χ2n) is 5.91. The molecule has 4 aromatic heterocycles. The van der Waals surface area contributed by atoms with Gasteiger partial charge in [-0.25, -0.2) is 4.98 Å². The molecule has 126 valence electrons. The Morgan fingerprint density at radius 1 is 1.20 bits per heavy atom. The highest BCUT2D eigenvalue weighted by Gasteiger charge is 2.22. The SMILES string of the molecule is Cc1cc(C)c2c(-n3cccc3)c(C(=O)Nc3cc(C)on3)sc2n1. The van der Waals surface area contributed by atoms with E-state index in [0.717, 1.165) is 27.2 Å². The van der Waals surface area contributed by atoms with Crippen molar-refractivity contribution in [3.05, 3.63) is 58.6 Å². The maximum Gasteiger partial charge on any atom is 0.269 e. The molecule has 0 spiro atoms. The number of fused-ring (bicyclic) bond motifs is 1. The Morgan fingerprint density at radius 3 is 2.64 bits per heavy atom. The number of nitrogens with zero attached hydrogens (tertiary/aromatic N) is 3. The highest BCUT2D eigenvalue weighted by atomic mass is 32.1. The lowest BCUT2D eigenvalue weighted by atomic mass is 10.1. The van der Waals surface area contributed by atoms with Crippen molar-refractivity contribution in [1.82, 2.24) is 14.7 Å². The van der Waals surface area contributed by atoms with Crippen LogP contribution in [-0.2, 0) is 0 Å². The number of hydrogen-bond donors (Lipinski definition) is 1. The molecule has 0 atom stereocenters. The summed E-state index contributed by atoms with van der Waals surface area (Å²) >= 11 is 1.38. The van der Waals surface area contributed by atoms with Crippen LogP contribution in [0.15, 0.2) is 41.2 Å². The second-order valence-corrected chi connectivity index (χ2v) is 6.91. The zero-order valence-corrected chi connectivity index (χ0v) is 14.8. The van der Waals surface area contributed by atoms with Gasteiger partial charge in [0.15, 0.2) is 5.82 Å². The molecule has 0 unspecified atom stereocenters. The number of pyridine rings is 1. The fourth-order valence-electron chi connectivity index (χ4n) is 2.91. The molecule has 0 bridgehead atoms. The van der Waals surface area contributed by atoms with E-state index in [4.69, 9.17) is 4.52 Å². The summed E-state index contributed by atoms with van der Waals surface area (Å²) in [6.45, 7) is 5.78. The Morgan fingerprint density at radius 2 is 1.96 bits per heavy atom. The van der Waals surface area contributed by atoms with Gasteiger partial charge < -0.3 is 14.4 Å². The number of anilines is 1. The van der Waals surface area contributed by atoms with E-state index in [-0.39, 0.29) is 5.91 Å². The lowest BCUT2D eigenvalue weighted by Gasteiger charge is -2.07. The Hall–Kier alpha value is -2.93. The molecule has 1 N–H and O–H groups in total. The summed E-state index contributed by atoms with van der Waals surface area (Å²) in [4.78, 5) is 18.9. The zero-order valence-electron chi connectivity index (χ0n) is 14.0. The second kappa shape index (κ2) is 5.86. The van der Waals surface area contributed by atoms with Crippen LogP contribution >= 0.6 is 11.3 Å². The van der Waals surface area contributed by atoms with Gasteiger partial charge in [-0.2, -0.15) is 0 Å². The summed E-state index contributed by atoms with van der Waals surface area (Å²) < 4.78 is 6.97. The van der Waals surface area contributed by atoms with E-state index >= 15 is 0 Å². The third kappa shape index (κ3) is 2.72. The Balaban J connectivity index is 1.89. The highest BCUT2D eigenvalue weighted by Crippen LogP contribution is 2.36. The van der Waals surface area contributed by atoms with Crippen LogP contribution in [0.5, 0.6) is 0 Å². The lowest BCUT2D eigenvalue weighted by Crippen LogP contribution is -2.12. The highest BCUT2D eigenvalue weighted by molar-refractivity contribution is 7.21. The summed E-state index contributed by atoms with van der Waals surface area (Å²) in [7, 11) is 0. The first kappa shape index (κ1) is 15.6. The van der Waals surface area contributed by atoms with E-state index < -0.39 is 0 Å². The summed E-state index contributed by atoms with van der Waals surface area (Å²) in [6.07, 6.45) is 3.86. The van der Waals surface area contributed by atoms with Gasteiger partial charge in [0.05, 0.1) is 5.69 Å². The van der Waals surface area contributed by atoms with Crippen LogP contribution in [0.4, 0.5) is 5.82 Å². The van der Waals surface area contributed by atoms with Gasteiger partial charge in [0.1, 0.15) is 15.5 Å². The molecule has 0 aliphatic heterocycles. The summed E-state index contributed by atoms with van der Waals surface area (Å²) in [5, 5.41) is 7.63. The molecule has 25 heavy (non-hydrogen) atoms. The van der Waals surface area contributed by atoms with Crippen LogP contribution in [0.1, 0.15) is 26.7 Å². The third-order valence-electron chi connectivity index (χ3n) is 3.90. The molecule has 4 heterocycles. The Bertz CT molecular complexity index is 1080. The van der Waals surface area contributed by atoms with Crippen molar-refractivity contribution in [3.8, 4) is 5.69 Å². The van der Waals surface area contributed by atoms with Crippen molar-refractivity contribution in [2.24, 2.45) is 0 Å². The predicted octanol–water partition coefficient (Wildman–Crippen LogP) is 4.25. The molecule has 4 aromatic rings. The molecular formula is C18H16N4O2S. The molecule has 7 heteroatoms. The molecule has 0 radical (unpaired) electrons. The largest absolute Gasteiger partial charge is 0.360 e. The molecule has 1 amide bonds. The first-order valence-electron chi connectivity index (χ1n) is 7.81. The number of carbonyl (C=O) groups is 1. The van der Waals surface area contributed by atoms with E-state index in [9.17, 15) is 4.79 Å². The lowest BCUT2D eigenvalue weighted by molar-refractivity contribution is 0.102. The van der Waals surface area contributed by atoms with Gasteiger partial charge in [0, 0.05) is 29.5 Å². The van der Waals surface area contributed by atoms with Crippen LogP contribution < -0.4 is 5.32 Å². The minimum atomic E-state index is -0.225. The van der Waals surface area contributed by atoms with Crippen LogP contribution in [0.25, 0.3) is 15.9 Å². The van der Waals surface area contributed by atoms with E-state index in [1.54, 1.807) is 13.0 Å². The van der Waals surface area contributed by atoms with Gasteiger partial charge in [0.2, 0.25) is 0 Å². The smallest absolute Gasteiger partial charge is 0.269 e. The van der Waals surface area contributed by atoms with Crippen molar-refractivity contribution in [2.75, 3.05) is 5.32 Å². The van der Waals surface area contributed by atoms with Gasteiger partial charge in [-0.3, -0.25) is 4.79 Å². The van der Waals surface area contributed by atoms with Crippen LogP contribution in [-0.4, -0.2) is 20.6 Å². The van der Waals surface area contributed by atoms with Crippen molar-refractivity contribution < 1.29 is 9.32 Å². The monoisotopic (exact) mass is 352 g/mol. The van der Waals surface area contributed by atoms with Crippen molar-refractivity contribution >= 4 is 33.3 Å². The average molecular weight is 352 g/mol. The third-order valence-corrected chi connectivity index (χ3v) is 4.97. The molecular weight excluding hydrogens is 336 g/mol. The van der Waals surface area contributed by atoms with Crippen LogP contribution in [0.2, 0.25) is 0 Å². The van der Waals surface area contributed by atoms with Crippen molar-refractivity contribution in [3.63, 3.8) is 0 Å². The molecule has 0 aliphatic rings. The van der Waals surface area contributed by atoms with E-state index in [1.807, 2.05) is 49.0 Å². The number of aromatic nitrogens is 3. The zero-order chi connectivity index (χ0) is 17.6. The Labute approximate surface area is 148 Å². The molecule has 0 aliphatic carbocycles. The first-order valence-corrected chi connectivity index (χ1v) is 8.63. The number of thiophene rings is 1. The summed E-state index contributed by atoms with van der Waals surface area (Å²) in [6, 6.07) is 7.59. The van der Waals surface area contributed by atoms with Crippen molar-refractivity contribution in [1.29, 1.82) is 0 Å². The predicted molar refractivity (Wildman–Crippen MR) is 97.6 cm³/mol. The van der Waals surface area contributed by atoms with Gasteiger partial charge in [-0.15, -0.1) is 11.3 Å². The summed E-state index contributed by atoms with van der Waals surface area (Å²) in [5.74, 6) is 0.821. The number of aryl methyl sites for hydroxylation is 3. The molecule has 0 aromatic carbocycles. The van der Waals surface area contributed by atoms with E-state index in [1.165, 1.54) is 11.3 Å². The molecule has 0 saturated heterocycles. The van der Waals surface area contributed by atoms with Gasteiger partial charge in [0.25, 0.3) is 5.91 Å². The summed E-state index contributed by atoms with van der Waals surface area (Å²) in [5.41, 5.74) is 2.87. The number of hydrogen-bond acceptors (Lipinski definition) is 5. The van der Waals surface area contributed by atoms with Crippen LogP contribution in [0.3, 0.4) is 0 Å². The number of rotatable bonds is 3. The maximum absolute atomic E-state index is 12.9. The van der Waals surface area contributed by atoms with Gasteiger partial charge in [-0.1, -0.05) is 5.16 Å². The van der Waals surface area contributed by atoms with Gasteiger partial charge >= 0.3 is 0 Å². The topological polar surface area (TPSA) is 73.0 Å². The minimum absolute atomic E-state index is 0.225. The molecule has 4 rings (SSSR count). The normalized spacial score (nSPS) is 11.2. The molecule has 6 nitrogen and oxygen atoms in total. The van der Waals surface area contributed by atoms with Crippen molar-refractivity contribution in [2.45, 2.75) is 20.8 Å². The molecule has 0 saturated carbocycles. The standard InChI is InChI=1S/C18H16N4O2S/c1-10-8-11(2)19-18-14(10)15(22-6-4-5-7-22)16(25-18)17(23)20-13-9-12(3)24-21-13/h4-9H,1-3H3,(H,20,21,23). The molecule has 0 fully saturated rings. The number of carbonyl (C=O) groups excluding carboxylic acids is 1. The van der Waals surface area contributed by atoms with E-state index in [0.29, 0.717) is 16.5 Å². The minimum Gasteiger partial charge on any atom is -0.360 e. The van der Waals surface area contributed by atoms with E-state index in [2.05, 4.69) is 15.5 Å².